The maximum absolute atomic E-state index is 12.5. The van der Waals surface area contributed by atoms with Crippen molar-refractivity contribution in [1.29, 1.82) is 0 Å². The Labute approximate surface area is 105 Å². The summed E-state index contributed by atoms with van der Waals surface area (Å²) in [5, 5.41) is 2.42. The fraction of sp³-hybridized carbons (Fsp3) is 0.250. The van der Waals surface area contributed by atoms with Crippen LogP contribution in [0.5, 0.6) is 0 Å². The lowest BCUT2D eigenvalue weighted by Gasteiger charge is -2.08. The molecule has 18 heavy (non-hydrogen) atoms. The molecule has 0 radical (unpaired) electrons. The van der Waals surface area contributed by atoms with Crippen LogP contribution in [0.1, 0.15) is 27.1 Å². The van der Waals surface area contributed by atoms with Crippen LogP contribution in [0, 0.1) is 0 Å². The molecule has 1 aliphatic rings. The molecule has 6 heteroatoms. The molecule has 2 heterocycles. The number of hydrogen-bond acceptors (Lipinski definition) is 3. The van der Waals surface area contributed by atoms with Gasteiger partial charge in [0.2, 0.25) is 0 Å². The monoisotopic (exact) mass is 270 g/mol. The van der Waals surface area contributed by atoms with Gasteiger partial charge in [-0.15, -0.1) is 11.3 Å². The minimum Gasteiger partial charge on any atom is -0.301 e. The Balaban J connectivity index is 1.96. The van der Waals surface area contributed by atoms with Crippen LogP contribution in [-0.4, -0.2) is 4.98 Å². The summed E-state index contributed by atoms with van der Waals surface area (Å²) in [7, 11) is 0. The van der Waals surface area contributed by atoms with Gasteiger partial charge in [0.15, 0.2) is 5.01 Å². The van der Waals surface area contributed by atoms with Crippen molar-refractivity contribution in [2.75, 3.05) is 0 Å². The Morgan fingerprint density at radius 2 is 2.06 bits per heavy atom. The largest absolute Gasteiger partial charge is 0.443 e. The minimum absolute atomic E-state index is 0.171. The Morgan fingerprint density at radius 3 is 2.78 bits per heavy atom. The standard InChI is InChI=1S/C12H9F3N2S/c13-12(14,15)11-17-6-9(18-11)10-8-4-2-1-3-7(8)5-16-10/h1-4,6,10,16H,5H2. The molecule has 1 unspecified atom stereocenters. The molecule has 0 spiro atoms. The van der Waals surface area contributed by atoms with Gasteiger partial charge in [0.05, 0.1) is 6.04 Å². The summed E-state index contributed by atoms with van der Waals surface area (Å²) in [6.07, 6.45) is -3.05. The summed E-state index contributed by atoms with van der Waals surface area (Å²) in [5.74, 6) is 0. The first-order chi connectivity index (χ1) is 8.55. The molecule has 2 aromatic rings. The van der Waals surface area contributed by atoms with E-state index in [9.17, 15) is 13.2 Å². The molecule has 0 fully saturated rings. The number of nitrogens with one attached hydrogen (secondary N) is 1. The van der Waals surface area contributed by atoms with E-state index in [4.69, 9.17) is 0 Å². The van der Waals surface area contributed by atoms with Gasteiger partial charge in [0, 0.05) is 17.6 Å². The summed E-state index contributed by atoms with van der Waals surface area (Å²) in [6, 6.07) is 7.57. The number of thiazole rings is 1. The predicted molar refractivity (Wildman–Crippen MR) is 62.2 cm³/mol. The Morgan fingerprint density at radius 1 is 1.28 bits per heavy atom. The average Bonchev–Trinajstić information content (AvgIpc) is 2.94. The maximum atomic E-state index is 12.5. The van der Waals surface area contributed by atoms with Gasteiger partial charge in [0.25, 0.3) is 0 Å². The van der Waals surface area contributed by atoms with Crippen LogP contribution in [0.2, 0.25) is 0 Å². The minimum atomic E-state index is -4.36. The van der Waals surface area contributed by atoms with E-state index in [0.29, 0.717) is 22.8 Å². The molecular weight excluding hydrogens is 261 g/mol. The molecule has 2 nitrogen and oxygen atoms in total. The summed E-state index contributed by atoms with van der Waals surface area (Å²) < 4.78 is 37.5. The second-order valence-electron chi connectivity index (χ2n) is 4.08. The number of alkyl halides is 3. The predicted octanol–water partition coefficient (Wildman–Crippen LogP) is 3.35. The lowest BCUT2D eigenvalue weighted by molar-refractivity contribution is -0.137. The lowest BCUT2D eigenvalue weighted by Crippen LogP contribution is -2.11. The molecule has 94 valence electrons. The van der Waals surface area contributed by atoms with E-state index in [2.05, 4.69) is 10.3 Å². The maximum Gasteiger partial charge on any atom is 0.443 e. The molecular formula is C12H9F3N2S. The van der Waals surface area contributed by atoms with Crippen LogP contribution in [-0.2, 0) is 12.7 Å². The van der Waals surface area contributed by atoms with E-state index < -0.39 is 11.2 Å². The highest BCUT2D eigenvalue weighted by molar-refractivity contribution is 7.11. The van der Waals surface area contributed by atoms with Gasteiger partial charge in [0.1, 0.15) is 0 Å². The van der Waals surface area contributed by atoms with Crippen LogP contribution in [0.3, 0.4) is 0 Å². The summed E-state index contributed by atoms with van der Waals surface area (Å²) in [5.41, 5.74) is 2.17. The molecule has 0 saturated carbocycles. The van der Waals surface area contributed by atoms with E-state index in [0.717, 1.165) is 11.1 Å². The topological polar surface area (TPSA) is 24.9 Å². The number of nitrogens with zero attached hydrogens (tertiary/aromatic N) is 1. The first-order valence-electron chi connectivity index (χ1n) is 5.40. The normalized spacial score (nSPS) is 18.9. The fourth-order valence-corrected chi connectivity index (χ4v) is 2.98. The Kier molecular flexibility index (Phi) is 2.64. The van der Waals surface area contributed by atoms with Crippen molar-refractivity contribution in [2.45, 2.75) is 18.8 Å². The van der Waals surface area contributed by atoms with Gasteiger partial charge < -0.3 is 5.32 Å². The zero-order valence-electron chi connectivity index (χ0n) is 9.16. The Hall–Kier alpha value is -1.40. The average molecular weight is 270 g/mol. The van der Waals surface area contributed by atoms with Gasteiger partial charge in [-0.1, -0.05) is 24.3 Å². The third kappa shape index (κ3) is 1.91. The molecule has 0 bridgehead atoms. The smallest absolute Gasteiger partial charge is 0.301 e. The lowest BCUT2D eigenvalue weighted by atomic mass is 10.0. The van der Waals surface area contributed by atoms with Gasteiger partial charge in [-0.05, 0) is 11.1 Å². The number of fused-ring (bicyclic) bond motifs is 1. The van der Waals surface area contributed by atoms with Crippen LogP contribution in [0.15, 0.2) is 30.5 Å². The zero-order chi connectivity index (χ0) is 12.8. The van der Waals surface area contributed by atoms with Gasteiger partial charge in [-0.3, -0.25) is 0 Å². The van der Waals surface area contributed by atoms with E-state index >= 15 is 0 Å². The van der Waals surface area contributed by atoms with Crippen molar-refractivity contribution in [3.8, 4) is 0 Å². The third-order valence-electron chi connectivity index (χ3n) is 2.91. The van der Waals surface area contributed by atoms with Crippen molar-refractivity contribution in [3.05, 3.63) is 51.5 Å². The molecule has 3 rings (SSSR count). The quantitative estimate of drug-likeness (QED) is 0.859. The van der Waals surface area contributed by atoms with E-state index in [1.165, 1.54) is 6.20 Å². The van der Waals surface area contributed by atoms with Gasteiger partial charge in [-0.2, -0.15) is 13.2 Å². The van der Waals surface area contributed by atoms with Crippen LogP contribution >= 0.6 is 11.3 Å². The van der Waals surface area contributed by atoms with Gasteiger partial charge in [-0.25, -0.2) is 4.98 Å². The number of aromatic nitrogens is 1. The molecule has 1 atom stereocenters. The zero-order valence-corrected chi connectivity index (χ0v) is 9.98. The number of hydrogen-bond donors (Lipinski definition) is 1. The molecule has 1 aliphatic heterocycles. The summed E-state index contributed by atoms with van der Waals surface area (Å²) in [6.45, 7) is 0.681. The van der Waals surface area contributed by atoms with Gasteiger partial charge >= 0.3 is 6.18 Å². The first-order valence-corrected chi connectivity index (χ1v) is 6.21. The van der Waals surface area contributed by atoms with Crippen molar-refractivity contribution >= 4 is 11.3 Å². The molecule has 0 aliphatic carbocycles. The van der Waals surface area contributed by atoms with E-state index in [-0.39, 0.29) is 6.04 Å². The van der Waals surface area contributed by atoms with Crippen molar-refractivity contribution in [1.82, 2.24) is 10.3 Å². The van der Waals surface area contributed by atoms with E-state index in [1.54, 1.807) is 0 Å². The third-order valence-corrected chi connectivity index (χ3v) is 4.02. The highest BCUT2D eigenvalue weighted by atomic mass is 32.1. The molecule has 1 aromatic carbocycles. The number of benzene rings is 1. The SMILES string of the molecule is FC(F)(F)c1ncc(C2NCc3ccccc32)s1. The highest BCUT2D eigenvalue weighted by Crippen LogP contribution is 2.38. The van der Waals surface area contributed by atoms with Crippen molar-refractivity contribution in [2.24, 2.45) is 0 Å². The van der Waals surface area contributed by atoms with Crippen molar-refractivity contribution in [3.63, 3.8) is 0 Å². The summed E-state index contributed by atoms with van der Waals surface area (Å²) >= 11 is 0.702. The fourth-order valence-electron chi connectivity index (χ4n) is 2.10. The molecule has 0 amide bonds. The first kappa shape index (κ1) is 11.7. The summed E-state index contributed by atoms with van der Waals surface area (Å²) in [4.78, 5) is 4.06. The number of halogens is 3. The van der Waals surface area contributed by atoms with Crippen LogP contribution in [0.4, 0.5) is 13.2 Å². The highest BCUT2D eigenvalue weighted by Gasteiger charge is 2.36. The molecule has 1 N–H and O–H groups in total. The van der Waals surface area contributed by atoms with Crippen LogP contribution in [0.25, 0.3) is 0 Å². The second-order valence-corrected chi connectivity index (χ2v) is 5.14. The van der Waals surface area contributed by atoms with E-state index in [1.807, 2.05) is 24.3 Å². The Bertz CT molecular complexity index is 577. The molecule has 0 saturated heterocycles. The number of rotatable bonds is 1. The second kappa shape index (κ2) is 4.07. The van der Waals surface area contributed by atoms with Crippen molar-refractivity contribution < 1.29 is 13.2 Å². The van der Waals surface area contributed by atoms with Crippen LogP contribution < -0.4 is 5.32 Å². The molecule has 1 aromatic heterocycles.